The summed E-state index contributed by atoms with van der Waals surface area (Å²) in [5, 5.41) is 5.80. The van der Waals surface area contributed by atoms with Gasteiger partial charge in [0.05, 0.1) is 23.5 Å². The highest BCUT2D eigenvalue weighted by Crippen LogP contribution is 2.41. The van der Waals surface area contributed by atoms with Crippen LogP contribution in [0, 0.1) is 5.82 Å². The number of nitrogens with zero attached hydrogens (tertiary/aromatic N) is 1. The minimum atomic E-state index is -0.586. The van der Waals surface area contributed by atoms with Crippen LogP contribution in [-0.2, 0) is 11.2 Å². The molecule has 0 aliphatic carbocycles. The maximum absolute atomic E-state index is 15.5. The molecule has 0 saturated heterocycles. The molecule has 0 spiro atoms. The van der Waals surface area contributed by atoms with Crippen LogP contribution in [0.15, 0.2) is 42.0 Å². The zero-order chi connectivity index (χ0) is 25.1. The van der Waals surface area contributed by atoms with Gasteiger partial charge >= 0.3 is 0 Å². The van der Waals surface area contributed by atoms with E-state index in [0.29, 0.717) is 18.8 Å². The van der Waals surface area contributed by atoms with Gasteiger partial charge in [-0.3, -0.25) is 9.79 Å². The Morgan fingerprint density at radius 2 is 2.06 bits per heavy atom. The molecule has 5 nitrogen and oxygen atoms in total. The van der Waals surface area contributed by atoms with Crippen LogP contribution in [0.1, 0.15) is 74.4 Å². The number of benzene rings is 2. The smallest absolute Gasteiger partial charge is 0.256 e. The molecular formula is C28H38FN3O2. The normalized spacial score (nSPS) is 12.1. The van der Waals surface area contributed by atoms with Gasteiger partial charge in [-0.2, -0.15) is 0 Å². The minimum Gasteiger partial charge on any atom is -0.383 e. The summed E-state index contributed by atoms with van der Waals surface area (Å²) >= 11 is 0. The third-order valence-electron chi connectivity index (χ3n) is 5.95. The first-order chi connectivity index (χ1) is 16.4. The molecule has 34 heavy (non-hydrogen) atoms. The van der Waals surface area contributed by atoms with Gasteiger partial charge in [-0.1, -0.05) is 45.9 Å². The fourth-order valence-electron chi connectivity index (χ4n) is 4.02. The van der Waals surface area contributed by atoms with E-state index in [1.165, 1.54) is 17.8 Å². The Kier molecular flexibility index (Phi) is 10.9. The lowest BCUT2D eigenvalue weighted by atomic mass is 9.85. The molecule has 2 rings (SSSR count). The van der Waals surface area contributed by atoms with Crippen LogP contribution in [0.25, 0.3) is 11.1 Å². The number of hydrogen-bond acceptors (Lipinski definition) is 4. The predicted molar refractivity (Wildman–Crippen MR) is 141 cm³/mol. The lowest BCUT2D eigenvalue weighted by Gasteiger charge is -2.24. The van der Waals surface area contributed by atoms with Crippen molar-refractivity contribution in [2.45, 2.75) is 59.3 Å². The van der Waals surface area contributed by atoms with Crippen molar-refractivity contribution in [3.8, 4) is 11.1 Å². The summed E-state index contributed by atoms with van der Waals surface area (Å²) in [6.45, 7) is 12.6. The number of ether oxygens (including phenoxy) is 1. The lowest BCUT2D eigenvalue weighted by molar-refractivity contribution is 0.0934. The van der Waals surface area contributed by atoms with Gasteiger partial charge in [-0.25, -0.2) is 4.39 Å². The van der Waals surface area contributed by atoms with Gasteiger partial charge in [0.1, 0.15) is 5.82 Å². The number of aliphatic imine (C=N–C) groups is 1. The second-order valence-electron chi connectivity index (χ2n) is 8.31. The van der Waals surface area contributed by atoms with Gasteiger partial charge < -0.3 is 15.4 Å². The van der Waals surface area contributed by atoms with Crippen molar-refractivity contribution in [3.05, 3.63) is 59.6 Å². The summed E-state index contributed by atoms with van der Waals surface area (Å²) in [6, 6.07) is 7.59. The predicted octanol–water partition coefficient (Wildman–Crippen LogP) is 7.00. The van der Waals surface area contributed by atoms with Crippen molar-refractivity contribution >= 4 is 23.5 Å². The summed E-state index contributed by atoms with van der Waals surface area (Å²) in [7, 11) is 1.55. The van der Waals surface area contributed by atoms with Crippen LogP contribution in [0.2, 0.25) is 0 Å². The SMILES string of the molecule is C=CNc1c(C(=O)NCCOC)c(F)cc(-c2ccc(CCCC)c(N=CC)c2)c1[C@H](C)CC. The maximum atomic E-state index is 15.5. The Balaban J connectivity index is 2.74. The third kappa shape index (κ3) is 6.54. The maximum Gasteiger partial charge on any atom is 0.256 e. The first-order valence-electron chi connectivity index (χ1n) is 12.1. The van der Waals surface area contributed by atoms with Gasteiger partial charge in [-0.15, -0.1) is 0 Å². The summed E-state index contributed by atoms with van der Waals surface area (Å²) in [5.74, 6) is -1.00. The van der Waals surface area contributed by atoms with Crippen molar-refractivity contribution in [1.82, 2.24) is 5.32 Å². The third-order valence-corrected chi connectivity index (χ3v) is 5.95. The fraction of sp³-hybridized carbons (Fsp3) is 0.429. The topological polar surface area (TPSA) is 62.7 Å². The minimum absolute atomic E-state index is 0.0126. The van der Waals surface area contributed by atoms with E-state index in [2.05, 4.69) is 49.0 Å². The molecule has 0 aliphatic heterocycles. The van der Waals surface area contributed by atoms with Crippen LogP contribution in [0.3, 0.4) is 0 Å². The van der Waals surface area contributed by atoms with Crippen molar-refractivity contribution in [2.75, 3.05) is 25.6 Å². The second-order valence-corrected chi connectivity index (χ2v) is 8.31. The molecule has 0 bridgehead atoms. The fourth-order valence-corrected chi connectivity index (χ4v) is 4.02. The molecule has 0 radical (unpaired) electrons. The first kappa shape index (κ1) is 27.3. The average molecular weight is 468 g/mol. The molecule has 0 unspecified atom stereocenters. The number of nitrogens with one attached hydrogen (secondary N) is 2. The van der Waals surface area contributed by atoms with E-state index >= 15 is 4.39 Å². The number of rotatable bonds is 13. The van der Waals surface area contributed by atoms with Crippen molar-refractivity contribution in [3.63, 3.8) is 0 Å². The van der Waals surface area contributed by atoms with Crippen molar-refractivity contribution in [1.29, 1.82) is 0 Å². The number of aryl methyl sites for hydroxylation is 1. The molecule has 0 aromatic heterocycles. The van der Waals surface area contributed by atoms with Crippen LogP contribution in [0.5, 0.6) is 0 Å². The van der Waals surface area contributed by atoms with Crippen molar-refractivity contribution < 1.29 is 13.9 Å². The molecule has 0 saturated carbocycles. The van der Waals surface area contributed by atoms with Gasteiger partial charge in [0.15, 0.2) is 0 Å². The van der Waals surface area contributed by atoms with Gasteiger partial charge in [0, 0.05) is 19.9 Å². The number of hydrogen-bond donors (Lipinski definition) is 2. The summed E-state index contributed by atoms with van der Waals surface area (Å²) < 4.78 is 20.5. The zero-order valence-electron chi connectivity index (χ0n) is 21.1. The highest BCUT2D eigenvalue weighted by molar-refractivity contribution is 6.02. The number of carbonyl (C=O) groups excluding carboxylic acids is 1. The molecule has 2 aromatic rings. The molecule has 2 N–H and O–H groups in total. The molecular weight excluding hydrogens is 429 g/mol. The molecule has 1 amide bonds. The number of amides is 1. The van der Waals surface area contributed by atoms with Gasteiger partial charge in [-0.05, 0) is 72.7 Å². The average Bonchev–Trinajstić information content (AvgIpc) is 2.83. The standard InChI is InChI=1S/C28H38FN3O2/c1-7-11-12-20-13-14-21(17-24(20)30-9-3)22-18-23(29)26(28(33)32-15-16-34-6)27(31-10-4)25(22)19(5)8-2/h9-10,13-14,17-19,31H,4,7-8,11-12,15-16H2,1-3,5-6H3,(H,32,33)/t19-/m1/s1. The van der Waals surface area contributed by atoms with E-state index in [1.807, 2.05) is 19.1 Å². The van der Waals surface area contributed by atoms with Gasteiger partial charge in [0.25, 0.3) is 5.91 Å². The number of halogens is 1. The molecule has 2 aromatic carbocycles. The highest BCUT2D eigenvalue weighted by atomic mass is 19.1. The van der Waals surface area contributed by atoms with Gasteiger partial charge in [0.2, 0.25) is 0 Å². The number of carbonyl (C=O) groups is 1. The summed E-state index contributed by atoms with van der Waals surface area (Å²) in [6.07, 6.45) is 7.22. The van der Waals surface area contributed by atoms with Crippen molar-refractivity contribution in [2.24, 2.45) is 4.99 Å². The Morgan fingerprint density at radius 3 is 2.68 bits per heavy atom. The van der Waals surface area contributed by atoms with Crippen LogP contribution in [-0.4, -0.2) is 32.4 Å². The van der Waals surface area contributed by atoms with E-state index in [0.717, 1.165) is 48.1 Å². The molecule has 184 valence electrons. The number of methoxy groups -OCH3 is 1. The molecule has 6 heteroatoms. The Labute approximate surface area is 203 Å². The van der Waals surface area contributed by atoms with Crippen LogP contribution < -0.4 is 10.6 Å². The van der Waals surface area contributed by atoms with E-state index < -0.39 is 11.7 Å². The Morgan fingerprint density at radius 1 is 1.29 bits per heavy atom. The van der Waals surface area contributed by atoms with E-state index in [-0.39, 0.29) is 11.5 Å². The molecule has 1 atom stereocenters. The zero-order valence-corrected chi connectivity index (χ0v) is 21.1. The molecule has 0 fully saturated rings. The number of anilines is 1. The lowest BCUT2D eigenvalue weighted by Crippen LogP contribution is -2.29. The second kappa shape index (κ2) is 13.7. The monoisotopic (exact) mass is 467 g/mol. The highest BCUT2D eigenvalue weighted by Gasteiger charge is 2.26. The summed E-state index contributed by atoms with van der Waals surface area (Å²) in [5.41, 5.74) is 5.00. The number of unbranched alkanes of at least 4 members (excludes halogenated alkanes) is 1. The quantitative estimate of drug-likeness (QED) is 0.246. The Bertz CT molecular complexity index is 1020. The van der Waals surface area contributed by atoms with E-state index in [4.69, 9.17) is 4.74 Å². The van der Waals surface area contributed by atoms with E-state index in [9.17, 15) is 4.79 Å². The molecule has 0 heterocycles. The van der Waals surface area contributed by atoms with Crippen LogP contribution in [0.4, 0.5) is 15.8 Å². The summed E-state index contributed by atoms with van der Waals surface area (Å²) in [4.78, 5) is 17.5. The Hall–Kier alpha value is -2.99. The van der Waals surface area contributed by atoms with Crippen LogP contribution >= 0.6 is 0 Å². The largest absolute Gasteiger partial charge is 0.383 e. The van der Waals surface area contributed by atoms with E-state index in [1.54, 1.807) is 13.3 Å². The first-order valence-corrected chi connectivity index (χ1v) is 12.1. The molecule has 0 aliphatic rings.